The summed E-state index contributed by atoms with van der Waals surface area (Å²) in [6, 6.07) is 0. The van der Waals surface area contributed by atoms with E-state index in [0.717, 1.165) is 34.0 Å². The van der Waals surface area contributed by atoms with E-state index in [1.54, 1.807) is 6.20 Å². The van der Waals surface area contributed by atoms with Crippen molar-refractivity contribution in [3.05, 3.63) is 28.3 Å². The number of carbonyl (C=O) groups is 1. The molecule has 0 atom stereocenters. The highest BCUT2D eigenvalue weighted by molar-refractivity contribution is 9.10. The lowest BCUT2D eigenvalue weighted by molar-refractivity contribution is -0.116. The minimum Gasteiger partial charge on any atom is -0.323 e. The molecule has 0 radical (unpaired) electrons. The maximum absolute atomic E-state index is 12.0. The zero-order valence-corrected chi connectivity index (χ0v) is 14.4. The fourth-order valence-electron chi connectivity index (χ4n) is 2.42. The minimum absolute atomic E-state index is 0.0188. The van der Waals surface area contributed by atoms with Crippen LogP contribution in [0.3, 0.4) is 0 Å². The van der Waals surface area contributed by atoms with Gasteiger partial charge in [0.05, 0.1) is 28.6 Å². The summed E-state index contributed by atoms with van der Waals surface area (Å²) in [4.78, 5) is 12.0. The maximum atomic E-state index is 12.0. The van der Waals surface area contributed by atoms with Crippen LogP contribution in [0, 0.1) is 19.8 Å². The summed E-state index contributed by atoms with van der Waals surface area (Å²) >= 11 is 3.49. The van der Waals surface area contributed by atoms with Crippen molar-refractivity contribution < 1.29 is 4.79 Å². The summed E-state index contributed by atoms with van der Waals surface area (Å²) in [5, 5.41) is 11.6. The van der Waals surface area contributed by atoms with Crippen LogP contribution in [0.1, 0.15) is 30.7 Å². The van der Waals surface area contributed by atoms with E-state index in [4.69, 9.17) is 0 Å². The summed E-state index contributed by atoms with van der Waals surface area (Å²) in [5.74, 6) is 0.752. The topological polar surface area (TPSA) is 64.7 Å². The molecule has 0 aromatic carbocycles. The van der Waals surface area contributed by atoms with Gasteiger partial charge in [-0.1, -0.05) is 0 Å². The van der Waals surface area contributed by atoms with E-state index in [0.29, 0.717) is 13.0 Å². The standard InChI is InChI=1S/C15H20BrN5O/c1-10-15(16)11(2)21(19-10)6-5-14(22)18-13-7-17-20(9-13)8-12-3-4-12/h7,9,12H,3-6,8H2,1-2H3,(H,18,22). The van der Waals surface area contributed by atoms with Gasteiger partial charge in [0.15, 0.2) is 0 Å². The molecule has 0 saturated heterocycles. The zero-order valence-electron chi connectivity index (χ0n) is 12.8. The molecule has 1 amide bonds. The quantitative estimate of drug-likeness (QED) is 0.855. The van der Waals surface area contributed by atoms with E-state index in [1.165, 1.54) is 12.8 Å². The molecule has 0 unspecified atom stereocenters. The fraction of sp³-hybridized carbons (Fsp3) is 0.533. The number of hydrogen-bond donors (Lipinski definition) is 1. The van der Waals surface area contributed by atoms with Crippen LogP contribution in [0.2, 0.25) is 0 Å². The highest BCUT2D eigenvalue weighted by Gasteiger charge is 2.22. The molecule has 3 rings (SSSR count). The van der Waals surface area contributed by atoms with Crippen molar-refractivity contribution in [2.75, 3.05) is 5.32 Å². The van der Waals surface area contributed by atoms with E-state index in [-0.39, 0.29) is 5.91 Å². The number of anilines is 1. The van der Waals surface area contributed by atoms with Gasteiger partial charge in [-0.15, -0.1) is 0 Å². The maximum Gasteiger partial charge on any atom is 0.226 e. The number of nitrogens with zero attached hydrogens (tertiary/aromatic N) is 4. The second-order valence-electron chi connectivity index (χ2n) is 5.90. The third-order valence-corrected chi connectivity index (χ3v) is 5.05. The van der Waals surface area contributed by atoms with Crippen LogP contribution in [-0.4, -0.2) is 25.5 Å². The number of halogens is 1. The Morgan fingerprint density at radius 1 is 1.45 bits per heavy atom. The lowest BCUT2D eigenvalue weighted by Crippen LogP contribution is -2.15. The first-order valence-corrected chi connectivity index (χ1v) is 8.34. The van der Waals surface area contributed by atoms with Crippen LogP contribution >= 0.6 is 15.9 Å². The second-order valence-corrected chi connectivity index (χ2v) is 6.69. The average molecular weight is 366 g/mol. The predicted molar refractivity (Wildman–Crippen MR) is 87.6 cm³/mol. The van der Waals surface area contributed by atoms with Gasteiger partial charge in [-0.3, -0.25) is 14.2 Å². The Morgan fingerprint density at radius 3 is 2.86 bits per heavy atom. The Balaban J connectivity index is 1.51. The normalized spacial score (nSPS) is 14.3. The Hall–Kier alpha value is -1.63. The van der Waals surface area contributed by atoms with Crippen LogP contribution in [0.15, 0.2) is 16.9 Å². The first kappa shape index (κ1) is 15.3. The number of aromatic nitrogens is 4. The molecule has 2 heterocycles. The highest BCUT2D eigenvalue weighted by atomic mass is 79.9. The molecular formula is C15H20BrN5O. The monoisotopic (exact) mass is 365 g/mol. The van der Waals surface area contributed by atoms with Gasteiger partial charge in [0.2, 0.25) is 5.91 Å². The molecule has 1 N–H and O–H groups in total. The molecule has 6 nitrogen and oxygen atoms in total. The van der Waals surface area contributed by atoms with Crippen molar-refractivity contribution in [3.8, 4) is 0 Å². The summed E-state index contributed by atoms with van der Waals surface area (Å²) in [5.41, 5.74) is 2.75. The third kappa shape index (κ3) is 3.58. The molecule has 1 saturated carbocycles. The number of carbonyl (C=O) groups excluding carboxylic acids is 1. The largest absolute Gasteiger partial charge is 0.323 e. The molecule has 0 spiro atoms. The van der Waals surface area contributed by atoms with E-state index >= 15 is 0 Å². The minimum atomic E-state index is -0.0188. The lowest BCUT2D eigenvalue weighted by atomic mass is 10.3. The van der Waals surface area contributed by atoms with Gasteiger partial charge in [-0.2, -0.15) is 10.2 Å². The number of amides is 1. The van der Waals surface area contributed by atoms with Crippen molar-refractivity contribution >= 4 is 27.5 Å². The molecule has 118 valence electrons. The SMILES string of the molecule is Cc1nn(CCC(=O)Nc2cnn(CC3CC3)c2)c(C)c1Br. The molecule has 1 aliphatic rings. The van der Waals surface area contributed by atoms with Gasteiger partial charge < -0.3 is 5.32 Å². The molecule has 0 aliphatic heterocycles. The molecule has 0 bridgehead atoms. The second kappa shape index (κ2) is 6.24. The molecule has 2 aromatic heterocycles. The Labute approximate surface area is 138 Å². The Morgan fingerprint density at radius 2 is 2.23 bits per heavy atom. The Kier molecular flexibility index (Phi) is 4.33. The van der Waals surface area contributed by atoms with Gasteiger partial charge in [-0.25, -0.2) is 0 Å². The summed E-state index contributed by atoms with van der Waals surface area (Å²) in [7, 11) is 0. The predicted octanol–water partition coefficient (Wildman–Crippen LogP) is 2.90. The van der Waals surface area contributed by atoms with E-state index in [9.17, 15) is 4.79 Å². The fourth-order valence-corrected chi connectivity index (χ4v) is 2.70. The van der Waals surface area contributed by atoms with E-state index in [1.807, 2.05) is 29.4 Å². The van der Waals surface area contributed by atoms with E-state index in [2.05, 4.69) is 31.4 Å². The van der Waals surface area contributed by atoms with Crippen LogP contribution in [0.4, 0.5) is 5.69 Å². The van der Waals surface area contributed by atoms with Crippen molar-refractivity contribution in [3.63, 3.8) is 0 Å². The van der Waals surface area contributed by atoms with Crippen LogP contribution in [0.25, 0.3) is 0 Å². The number of hydrogen-bond acceptors (Lipinski definition) is 3. The Bertz CT molecular complexity index is 686. The number of aryl methyl sites for hydroxylation is 2. The highest BCUT2D eigenvalue weighted by Crippen LogP contribution is 2.30. The van der Waals surface area contributed by atoms with Gasteiger partial charge in [0, 0.05) is 24.9 Å². The molecule has 1 aliphatic carbocycles. The first-order chi connectivity index (χ1) is 10.5. The lowest BCUT2D eigenvalue weighted by Gasteiger charge is -2.05. The van der Waals surface area contributed by atoms with Gasteiger partial charge in [0.1, 0.15) is 0 Å². The van der Waals surface area contributed by atoms with Crippen LogP contribution < -0.4 is 5.32 Å². The molecule has 22 heavy (non-hydrogen) atoms. The van der Waals surface area contributed by atoms with Crippen LogP contribution in [-0.2, 0) is 17.9 Å². The zero-order chi connectivity index (χ0) is 15.7. The number of nitrogens with one attached hydrogen (secondary N) is 1. The van der Waals surface area contributed by atoms with Gasteiger partial charge in [-0.05, 0) is 48.5 Å². The summed E-state index contributed by atoms with van der Waals surface area (Å²) in [6.07, 6.45) is 6.58. The smallest absolute Gasteiger partial charge is 0.226 e. The number of rotatable bonds is 6. The van der Waals surface area contributed by atoms with Crippen LogP contribution in [0.5, 0.6) is 0 Å². The average Bonchev–Trinajstić information content (AvgIpc) is 3.14. The summed E-state index contributed by atoms with van der Waals surface area (Å²) < 4.78 is 4.77. The first-order valence-electron chi connectivity index (χ1n) is 7.54. The van der Waals surface area contributed by atoms with Crippen molar-refractivity contribution in [1.29, 1.82) is 0 Å². The molecule has 7 heteroatoms. The molecular weight excluding hydrogens is 346 g/mol. The third-order valence-electron chi connectivity index (χ3n) is 3.90. The molecule has 2 aromatic rings. The van der Waals surface area contributed by atoms with Crippen molar-refractivity contribution in [1.82, 2.24) is 19.6 Å². The van der Waals surface area contributed by atoms with Gasteiger partial charge >= 0.3 is 0 Å². The van der Waals surface area contributed by atoms with Gasteiger partial charge in [0.25, 0.3) is 0 Å². The van der Waals surface area contributed by atoms with Crippen molar-refractivity contribution in [2.24, 2.45) is 5.92 Å². The summed E-state index contributed by atoms with van der Waals surface area (Å²) in [6.45, 7) is 5.46. The van der Waals surface area contributed by atoms with Crippen molar-refractivity contribution in [2.45, 2.75) is 46.2 Å². The molecule has 1 fully saturated rings. The van der Waals surface area contributed by atoms with E-state index < -0.39 is 0 Å².